The quantitative estimate of drug-likeness (QED) is 0.641. The standard InChI is InChI=1S/C14H22N4O4S/c1-11-5-2-3-10-18(11)23(21,22)17-9-8-16-14(20)13-12(19)6-4-7-15-13/h4,6-7,11,17,19H,2-3,5,8-10H2,1H3,(H,16,20)/t11-/m1/s1. The minimum Gasteiger partial charge on any atom is -0.505 e. The van der Waals surface area contributed by atoms with Crippen LogP contribution in [0.5, 0.6) is 5.75 Å². The van der Waals surface area contributed by atoms with Gasteiger partial charge < -0.3 is 10.4 Å². The zero-order valence-electron chi connectivity index (χ0n) is 13.0. The van der Waals surface area contributed by atoms with E-state index in [1.807, 2.05) is 6.92 Å². The zero-order chi connectivity index (χ0) is 16.9. The van der Waals surface area contributed by atoms with E-state index in [1.54, 1.807) is 0 Å². The maximum Gasteiger partial charge on any atom is 0.279 e. The van der Waals surface area contributed by atoms with Crippen molar-refractivity contribution >= 4 is 16.1 Å². The second kappa shape index (κ2) is 7.71. The molecular weight excluding hydrogens is 320 g/mol. The van der Waals surface area contributed by atoms with E-state index in [1.165, 1.54) is 22.6 Å². The number of rotatable bonds is 6. The number of carbonyl (C=O) groups is 1. The Morgan fingerprint density at radius 2 is 2.22 bits per heavy atom. The Morgan fingerprint density at radius 1 is 1.43 bits per heavy atom. The van der Waals surface area contributed by atoms with Crippen molar-refractivity contribution in [3.63, 3.8) is 0 Å². The van der Waals surface area contributed by atoms with Gasteiger partial charge in [-0.25, -0.2) is 9.71 Å². The van der Waals surface area contributed by atoms with Gasteiger partial charge in [0.2, 0.25) is 0 Å². The van der Waals surface area contributed by atoms with Gasteiger partial charge in [-0.1, -0.05) is 6.42 Å². The van der Waals surface area contributed by atoms with E-state index >= 15 is 0 Å². The van der Waals surface area contributed by atoms with Crippen LogP contribution in [0.3, 0.4) is 0 Å². The van der Waals surface area contributed by atoms with Crippen molar-refractivity contribution < 1.29 is 18.3 Å². The molecule has 0 radical (unpaired) electrons. The highest BCUT2D eigenvalue weighted by atomic mass is 32.2. The molecular formula is C14H22N4O4S. The van der Waals surface area contributed by atoms with Crippen molar-refractivity contribution in [1.29, 1.82) is 0 Å². The number of nitrogens with zero attached hydrogens (tertiary/aromatic N) is 2. The minimum atomic E-state index is -3.54. The highest BCUT2D eigenvalue weighted by molar-refractivity contribution is 7.87. The highest BCUT2D eigenvalue weighted by Crippen LogP contribution is 2.18. The van der Waals surface area contributed by atoms with Crippen LogP contribution in [0.1, 0.15) is 36.7 Å². The number of nitrogens with one attached hydrogen (secondary N) is 2. The van der Waals surface area contributed by atoms with Crippen molar-refractivity contribution in [1.82, 2.24) is 19.3 Å². The Bertz CT molecular complexity index is 650. The normalized spacial score (nSPS) is 19.4. The van der Waals surface area contributed by atoms with Gasteiger partial charge in [-0.3, -0.25) is 4.79 Å². The number of pyridine rings is 1. The van der Waals surface area contributed by atoms with Crippen LogP contribution in [0.25, 0.3) is 0 Å². The molecule has 23 heavy (non-hydrogen) atoms. The second-order valence-corrected chi connectivity index (χ2v) is 7.19. The van der Waals surface area contributed by atoms with Gasteiger partial charge in [0.25, 0.3) is 16.1 Å². The topological polar surface area (TPSA) is 112 Å². The lowest BCUT2D eigenvalue weighted by Gasteiger charge is -2.32. The Labute approximate surface area is 136 Å². The van der Waals surface area contributed by atoms with Crippen LogP contribution >= 0.6 is 0 Å². The van der Waals surface area contributed by atoms with Crippen molar-refractivity contribution in [2.75, 3.05) is 19.6 Å². The SMILES string of the molecule is C[C@@H]1CCCCN1S(=O)(=O)NCCNC(=O)c1ncccc1O. The number of hydrogen-bond acceptors (Lipinski definition) is 5. The summed E-state index contributed by atoms with van der Waals surface area (Å²) in [6.07, 6.45) is 4.16. The molecule has 1 amide bonds. The van der Waals surface area contributed by atoms with E-state index in [0.29, 0.717) is 6.54 Å². The van der Waals surface area contributed by atoms with Crippen molar-refractivity contribution in [2.24, 2.45) is 0 Å². The molecule has 3 N–H and O–H groups in total. The van der Waals surface area contributed by atoms with Gasteiger partial charge in [0, 0.05) is 31.9 Å². The predicted octanol–water partition coefficient (Wildman–Crippen LogP) is 0.226. The molecule has 0 spiro atoms. The van der Waals surface area contributed by atoms with Crippen molar-refractivity contribution in [3.05, 3.63) is 24.0 Å². The smallest absolute Gasteiger partial charge is 0.279 e. The molecule has 1 aliphatic rings. The summed E-state index contributed by atoms with van der Waals surface area (Å²) < 4.78 is 28.4. The maximum atomic E-state index is 12.2. The first-order chi connectivity index (χ1) is 10.9. The third-order valence-corrected chi connectivity index (χ3v) is 5.48. The van der Waals surface area contributed by atoms with Gasteiger partial charge in [0.1, 0.15) is 5.75 Å². The van der Waals surface area contributed by atoms with E-state index in [9.17, 15) is 18.3 Å². The third-order valence-electron chi connectivity index (χ3n) is 3.75. The Hall–Kier alpha value is -1.71. The number of piperidine rings is 1. The van der Waals surface area contributed by atoms with E-state index in [0.717, 1.165) is 19.3 Å². The maximum absolute atomic E-state index is 12.2. The second-order valence-electron chi connectivity index (χ2n) is 5.48. The van der Waals surface area contributed by atoms with Crippen LogP contribution < -0.4 is 10.0 Å². The van der Waals surface area contributed by atoms with Gasteiger partial charge in [0.15, 0.2) is 5.69 Å². The molecule has 2 rings (SSSR count). The molecule has 1 saturated heterocycles. The summed E-state index contributed by atoms with van der Waals surface area (Å²) in [5, 5.41) is 12.0. The Morgan fingerprint density at radius 3 is 2.91 bits per heavy atom. The lowest BCUT2D eigenvalue weighted by molar-refractivity contribution is 0.0946. The average molecular weight is 342 g/mol. The molecule has 1 aromatic rings. The molecule has 0 bridgehead atoms. The summed E-state index contributed by atoms with van der Waals surface area (Å²) >= 11 is 0. The van der Waals surface area contributed by atoms with Crippen molar-refractivity contribution in [2.45, 2.75) is 32.2 Å². The first kappa shape index (κ1) is 17.6. The van der Waals surface area contributed by atoms with Crippen LogP contribution in [0, 0.1) is 0 Å². The first-order valence-electron chi connectivity index (χ1n) is 7.60. The monoisotopic (exact) mass is 342 g/mol. The minimum absolute atomic E-state index is 0.0127. The molecule has 9 heteroatoms. The summed E-state index contributed by atoms with van der Waals surface area (Å²) in [6.45, 7) is 2.59. The molecule has 128 valence electrons. The average Bonchev–Trinajstić information content (AvgIpc) is 2.52. The fourth-order valence-corrected chi connectivity index (χ4v) is 4.00. The molecule has 2 heterocycles. The number of hydrogen-bond donors (Lipinski definition) is 3. The number of amides is 1. The summed E-state index contributed by atoms with van der Waals surface area (Å²) in [5.74, 6) is -0.763. The number of aromatic nitrogens is 1. The lowest BCUT2D eigenvalue weighted by atomic mass is 10.1. The summed E-state index contributed by atoms with van der Waals surface area (Å²) in [4.78, 5) is 15.6. The number of aromatic hydroxyl groups is 1. The fraction of sp³-hybridized carbons (Fsp3) is 0.571. The Kier molecular flexibility index (Phi) is 5.91. The highest BCUT2D eigenvalue weighted by Gasteiger charge is 2.28. The molecule has 1 atom stereocenters. The first-order valence-corrected chi connectivity index (χ1v) is 9.04. The van der Waals surface area contributed by atoms with Gasteiger partial charge in [0.05, 0.1) is 0 Å². The van der Waals surface area contributed by atoms with E-state index < -0.39 is 16.1 Å². The van der Waals surface area contributed by atoms with Gasteiger partial charge >= 0.3 is 0 Å². The van der Waals surface area contributed by atoms with Gasteiger partial charge in [-0.15, -0.1) is 0 Å². The predicted molar refractivity (Wildman–Crippen MR) is 85.2 cm³/mol. The van der Waals surface area contributed by atoms with Crippen LogP contribution in [0.15, 0.2) is 18.3 Å². The molecule has 0 saturated carbocycles. The molecule has 0 unspecified atom stereocenters. The van der Waals surface area contributed by atoms with E-state index in [2.05, 4.69) is 15.0 Å². The molecule has 1 fully saturated rings. The molecule has 0 aromatic carbocycles. The third kappa shape index (κ3) is 4.63. The summed E-state index contributed by atoms with van der Waals surface area (Å²) in [6, 6.07) is 2.86. The Balaban J connectivity index is 1.80. The van der Waals surface area contributed by atoms with Crippen LogP contribution in [-0.2, 0) is 10.2 Å². The van der Waals surface area contributed by atoms with E-state index in [4.69, 9.17) is 0 Å². The van der Waals surface area contributed by atoms with E-state index in [-0.39, 0.29) is 30.6 Å². The molecule has 1 aliphatic heterocycles. The van der Waals surface area contributed by atoms with Crippen molar-refractivity contribution in [3.8, 4) is 5.75 Å². The van der Waals surface area contributed by atoms with Gasteiger partial charge in [-0.2, -0.15) is 12.7 Å². The zero-order valence-corrected chi connectivity index (χ0v) is 13.8. The van der Waals surface area contributed by atoms with Crippen LogP contribution in [-0.4, -0.2) is 54.4 Å². The fourth-order valence-electron chi connectivity index (χ4n) is 2.52. The van der Waals surface area contributed by atoms with Crippen LogP contribution in [0.4, 0.5) is 0 Å². The van der Waals surface area contributed by atoms with Crippen LogP contribution in [0.2, 0.25) is 0 Å². The molecule has 1 aromatic heterocycles. The number of carbonyl (C=O) groups excluding carboxylic acids is 1. The largest absolute Gasteiger partial charge is 0.505 e. The summed E-state index contributed by atoms with van der Waals surface area (Å²) in [7, 11) is -3.54. The molecule has 0 aliphatic carbocycles. The molecule has 8 nitrogen and oxygen atoms in total. The van der Waals surface area contributed by atoms with Gasteiger partial charge in [-0.05, 0) is 31.9 Å². The lowest BCUT2D eigenvalue weighted by Crippen LogP contribution is -2.49. The summed E-state index contributed by atoms with van der Waals surface area (Å²) in [5.41, 5.74) is -0.0833.